The molecule has 8 heteroatoms. The maximum absolute atomic E-state index is 11.3. The minimum Gasteiger partial charge on any atom is -0.392 e. The number of carbonyl (C=O) groups excluding carboxylic acids is 2. The van der Waals surface area contributed by atoms with E-state index in [4.69, 9.17) is 5.73 Å². The van der Waals surface area contributed by atoms with Crippen LogP contribution in [0.3, 0.4) is 0 Å². The fourth-order valence-electron chi connectivity index (χ4n) is 0.942. The highest BCUT2D eigenvalue weighted by Crippen LogP contribution is 2.19. The predicted molar refractivity (Wildman–Crippen MR) is 73.7 cm³/mol. The van der Waals surface area contributed by atoms with Gasteiger partial charge in [0.1, 0.15) is 0 Å². The smallest absolute Gasteiger partial charge is 0.309 e. The van der Waals surface area contributed by atoms with Crippen molar-refractivity contribution < 1.29 is 9.59 Å². The molecular weight excluding hydrogens is 326 g/mol. The Labute approximate surface area is 116 Å². The molecular formula is C9H10BrN3O2S2. The lowest BCUT2D eigenvalue weighted by Crippen LogP contribution is -2.42. The number of thiophene rings is 1. The van der Waals surface area contributed by atoms with Crippen LogP contribution in [-0.4, -0.2) is 23.3 Å². The number of nitrogens with one attached hydrogen (secondary N) is 2. The van der Waals surface area contributed by atoms with Gasteiger partial charge in [0.05, 0.1) is 18.1 Å². The second kappa shape index (κ2) is 6.67. The molecule has 0 saturated heterocycles. The molecule has 0 spiro atoms. The van der Waals surface area contributed by atoms with Gasteiger partial charge >= 0.3 is 11.8 Å². The number of halogens is 1. The van der Waals surface area contributed by atoms with E-state index in [2.05, 4.69) is 38.8 Å². The fourth-order valence-corrected chi connectivity index (χ4v) is 2.40. The van der Waals surface area contributed by atoms with Crippen LogP contribution in [0.25, 0.3) is 0 Å². The van der Waals surface area contributed by atoms with Crippen molar-refractivity contribution in [3.05, 3.63) is 20.8 Å². The van der Waals surface area contributed by atoms with Gasteiger partial charge in [-0.15, -0.1) is 11.3 Å². The van der Waals surface area contributed by atoms with Gasteiger partial charge in [0.15, 0.2) is 0 Å². The fraction of sp³-hybridized carbons (Fsp3) is 0.222. The lowest BCUT2D eigenvalue weighted by molar-refractivity contribution is -0.139. The zero-order chi connectivity index (χ0) is 12.8. The number of hydrogen-bond donors (Lipinski definition) is 3. The summed E-state index contributed by atoms with van der Waals surface area (Å²) in [6, 6.07) is 1.87. The van der Waals surface area contributed by atoms with Crippen molar-refractivity contribution in [2.45, 2.75) is 6.54 Å². The Morgan fingerprint density at radius 1 is 1.41 bits per heavy atom. The van der Waals surface area contributed by atoms with Crippen LogP contribution in [0.15, 0.2) is 15.9 Å². The zero-order valence-corrected chi connectivity index (χ0v) is 11.9. The summed E-state index contributed by atoms with van der Waals surface area (Å²) in [6.07, 6.45) is 0. The second-order valence-electron chi connectivity index (χ2n) is 3.06. The van der Waals surface area contributed by atoms with Gasteiger partial charge in [-0.1, -0.05) is 12.2 Å². The Hall–Kier alpha value is -0.990. The van der Waals surface area contributed by atoms with E-state index in [-0.39, 0.29) is 11.5 Å². The lowest BCUT2D eigenvalue weighted by Gasteiger charge is -2.04. The monoisotopic (exact) mass is 335 g/mol. The molecule has 0 radical (unpaired) electrons. The first-order valence-electron chi connectivity index (χ1n) is 4.56. The second-order valence-corrected chi connectivity index (χ2v) is 5.50. The Balaban J connectivity index is 2.34. The molecule has 1 rings (SSSR count). The van der Waals surface area contributed by atoms with Crippen molar-refractivity contribution in [2.24, 2.45) is 5.73 Å². The number of thiocarbonyl (C=S) groups is 1. The molecule has 1 aromatic heterocycles. The van der Waals surface area contributed by atoms with Gasteiger partial charge in [-0.3, -0.25) is 9.59 Å². The van der Waals surface area contributed by atoms with Crippen LogP contribution < -0.4 is 16.4 Å². The first-order chi connectivity index (χ1) is 7.99. The SMILES string of the molecule is NC(=S)CNC(=O)C(=O)NCc1cc(Br)cs1. The summed E-state index contributed by atoms with van der Waals surface area (Å²) in [5.41, 5.74) is 5.19. The van der Waals surface area contributed by atoms with Crippen molar-refractivity contribution in [3.8, 4) is 0 Å². The summed E-state index contributed by atoms with van der Waals surface area (Å²) in [5.74, 6) is -1.45. The van der Waals surface area contributed by atoms with Gasteiger partial charge in [0.25, 0.3) is 0 Å². The third kappa shape index (κ3) is 5.24. The van der Waals surface area contributed by atoms with Gasteiger partial charge < -0.3 is 16.4 Å². The first kappa shape index (κ1) is 14.1. The molecule has 0 atom stereocenters. The van der Waals surface area contributed by atoms with E-state index < -0.39 is 11.8 Å². The molecule has 2 amide bonds. The van der Waals surface area contributed by atoms with Gasteiger partial charge in [-0.05, 0) is 22.0 Å². The van der Waals surface area contributed by atoms with Crippen LogP contribution in [0.5, 0.6) is 0 Å². The molecule has 1 heterocycles. The van der Waals surface area contributed by atoms with Gasteiger partial charge in [-0.2, -0.15) is 0 Å². The minimum atomic E-state index is -0.742. The summed E-state index contributed by atoms with van der Waals surface area (Å²) < 4.78 is 0.949. The highest BCUT2D eigenvalue weighted by molar-refractivity contribution is 9.10. The van der Waals surface area contributed by atoms with Gasteiger partial charge in [0, 0.05) is 14.7 Å². The standard InChI is InChI=1S/C9H10BrN3O2S2/c10-5-1-6(17-4-5)2-12-8(14)9(15)13-3-7(11)16/h1,4H,2-3H2,(H2,11,16)(H,12,14)(H,13,15). The van der Waals surface area contributed by atoms with Crippen LogP contribution in [0.1, 0.15) is 4.88 Å². The average Bonchev–Trinajstić information content (AvgIpc) is 2.68. The Morgan fingerprint density at radius 3 is 2.59 bits per heavy atom. The molecule has 0 unspecified atom stereocenters. The summed E-state index contributed by atoms with van der Waals surface area (Å²) >= 11 is 9.36. The highest BCUT2D eigenvalue weighted by Gasteiger charge is 2.12. The molecule has 0 saturated carbocycles. The van der Waals surface area contributed by atoms with E-state index in [1.165, 1.54) is 11.3 Å². The number of rotatable bonds is 4. The quantitative estimate of drug-likeness (QED) is 0.553. The average molecular weight is 336 g/mol. The van der Waals surface area contributed by atoms with E-state index in [0.29, 0.717) is 6.54 Å². The molecule has 0 aliphatic rings. The van der Waals surface area contributed by atoms with Crippen molar-refractivity contribution in [1.29, 1.82) is 0 Å². The number of nitrogens with two attached hydrogens (primary N) is 1. The lowest BCUT2D eigenvalue weighted by atomic mass is 10.4. The van der Waals surface area contributed by atoms with E-state index in [9.17, 15) is 9.59 Å². The summed E-state index contributed by atoms with van der Waals surface area (Å²) in [7, 11) is 0. The van der Waals surface area contributed by atoms with Gasteiger partial charge in [-0.25, -0.2) is 0 Å². The maximum Gasteiger partial charge on any atom is 0.309 e. The number of amides is 2. The molecule has 0 aromatic carbocycles. The molecule has 5 nitrogen and oxygen atoms in total. The van der Waals surface area contributed by atoms with E-state index >= 15 is 0 Å². The van der Waals surface area contributed by atoms with Crippen molar-refractivity contribution in [3.63, 3.8) is 0 Å². The highest BCUT2D eigenvalue weighted by atomic mass is 79.9. The minimum absolute atomic E-state index is 0.0200. The van der Waals surface area contributed by atoms with E-state index in [1.54, 1.807) is 0 Å². The first-order valence-corrected chi connectivity index (χ1v) is 6.64. The Morgan fingerprint density at radius 2 is 2.06 bits per heavy atom. The molecule has 92 valence electrons. The Bertz CT molecular complexity index is 447. The summed E-state index contributed by atoms with van der Waals surface area (Å²) in [6.45, 7) is 0.335. The molecule has 1 aromatic rings. The maximum atomic E-state index is 11.3. The number of hydrogen-bond acceptors (Lipinski definition) is 4. The van der Waals surface area contributed by atoms with Gasteiger partial charge in [0.2, 0.25) is 0 Å². The number of carbonyl (C=O) groups is 2. The topological polar surface area (TPSA) is 84.2 Å². The normalized spacial score (nSPS) is 9.71. The van der Waals surface area contributed by atoms with Crippen LogP contribution in [0.4, 0.5) is 0 Å². The Kier molecular flexibility index (Phi) is 5.52. The molecule has 17 heavy (non-hydrogen) atoms. The molecule has 0 aliphatic heterocycles. The van der Waals surface area contributed by atoms with Crippen LogP contribution in [0.2, 0.25) is 0 Å². The van der Waals surface area contributed by atoms with Crippen LogP contribution in [-0.2, 0) is 16.1 Å². The molecule has 0 aliphatic carbocycles. The van der Waals surface area contributed by atoms with E-state index in [1.807, 2.05) is 11.4 Å². The van der Waals surface area contributed by atoms with Crippen LogP contribution in [0, 0.1) is 0 Å². The third-order valence-electron chi connectivity index (χ3n) is 1.67. The zero-order valence-electron chi connectivity index (χ0n) is 8.66. The summed E-state index contributed by atoms with van der Waals surface area (Å²) in [4.78, 5) is 23.6. The molecule has 4 N–H and O–H groups in total. The largest absolute Gasteiger partial charge is 0.392 e. The van der Waals surface area contributed by atoms with Crippen molar-refractivity contribution in [2.75, 3.05) is 6.54 Å². The third-order valence-corrected chi connectivity index (χ3v) is 3.52. The molecule has 0 bridgehead atoms. The van der Waals surface area contributed by atoms with Crippen molar-refractivity contribution in [1.82, 2.24) is 10.6 Å². The molecule has 0 fully saturated rings. The van der Waals surface area contributed by atoms with E-state index in [0.717, 1.165) is 9.35 Å². The van der Waals surface area contributed by atoms with Crippen molar-refractivity contribution >= 4 is 56.3 Å². The summed E-state index contributed by atoms with van der Waals surface area (Å²) in [5, 5.41) is 6.69. The predicted octanol–water partition coefficient (Wildman–Crippen LogP) is 0.529. The van der Waals surface area contributed by atoms with Crippen LogP contribution >= 0.6 is 39.5 Å².